The highest BCUT2D eigenvalue weighted by Crippen LogP contribution is 2.48. The average Bonchev–Trinajstić information content (AvgIpc) is 2.66. The summed E-state index contributed by atoms with van der Waals surface area (Å²) < 4.78 is 35.6. The molecule has 3 nitrogen and oxygen atoms in total. The van der Waals surface area contributed by atoms with Crippen molar-refractivity contribution in [1.82, 2.24) is 4.67 Å². The molecule has 118 valence electrons. The quantitative estimate of drug-likeness (QED) is 0.624. The summed E-state index contributed by atoms with van der Waals surface area (Å²) in [5.41, 5.74) is 0. The maximum absolute atomic E-state index is 14.1. The van der Waals surface area contributed by atoms with Gasteiger partial charge in [0.25, 0.3) is 0 Å². The number of alkyl halides is 1. The van der Waals surface area contributed by atoms with E-state index in [-0.39, 0.29) is 12.8 Å². The van der Waals surface area contributed by atoms with Crippen LogP contribution in [0, 0.1) is 5.92 Å². The van der Waals surface area contributed by atoms with Crippen molar-refractivity contribution in [2.75, 3.05) is 13.8 Å². The first-order chi connectivity index (χ1) is 10.2. The number of hydrogen-bond donors (Lipinski definition) is 1. The maximum atomic E-state index is 14.1. The van der Waals surface area contributed by atoms with Gasteiger partial charge in [-0.25, -0.2) is 4.39 Å². The summed E-state index contributed by atoms with van der Waals surface area (Å²) in [6.45, 7) is 10.7. The summed E-state index contributed by atoms with van der Waals surface area (Å²) in [5.74, 6) is -0.550. The molecule has 6 heteroatoms. The Hall–Kier alpha value is 0.305. The highest BCUT2D eigenvalue weighted by Gasteiger charge is 2.41. The smallest absolute Gasteiger partial charge is 0.210 e. The standard InChI is InChI=1S/C13H26BFNOP.CH4O/c1-8(2)16(9(3)4)18(6)17-13-10(5)7-11(14)12(13)15;1-2/h8-13H,7H2,1-6H3;2H,1H3/t10-,11+,12+,13+,18?;/m0./s1/i5D;2T. The van der Waals surface area contributed by atoms with Crippen LogP contribution in [-0.2, 0) is 4.52 Å². The van der Waals surface area contributed by atoms with Gasteiger partial charge in [0.15, 0.2) is 0 Å². The lowest BCUT2D eigenvalue weighted by atomic mass is 9.84. The van der Waals surface area contributed by atoms with Gasteiger partial charge in [-0.05, 0) is 46.1 Å². The SMILES string of the molecule is [2H]C[C@H]1C[C@@H]([B])[C@@H](F)[C@@H]1OP(C)N(C(C)C)C(C)C.[3H]OC. The molecule has 0 amide bonds. The number of rotatable bonds is 5. The molecule has 2 radical (unpaired) electrons. The van der Waals surface area contributed by atoms with Crippen molar-refractivity contribution in [2.45, 2.75) is 71.2 Å². The predicted molar refractivity (Wildman–Crippen MR) is 86.2 cm³/mol. The van der Waals surface area contributed by atoms with E-state index in [1.165, 1.54) is 7.11 Å². The minimum Gasteiger partial charge on any atom is -0.400 e. The Bertz CT molecular complexity index is 298. The molecule has 0 aromatic carbocycles. The van der Waals surface area contributed by atoms with Crippen molar-refractivity contribution >= 4 is 16.1 Å². The molecule has 0 aromatic rings. The van der Waals surface area contributed by atoms with Crippen LogP contribution < -0.4 is 0 Å². The molecule has 1 rings (SSSR count). The molecule has 0 saturated heterocycles. The number of halogens is 1. The third kappa shape index (κ3) is 5.25. The van der Waals surface area contributed by atoms with Crippen LogP contribution in [-0.4, -0.2) is 57.2 Å². The lowest BCUT2D eigenvalue weighted by Gasteiger charge is -2.37. The fourth-order valence-electron chi connectivity index (χ4n) is 2.74. The molecular weight excluding hydrogens is 275 g/mol. The van der Waals surface area contributed by atoms with Crippen LogP contribution in [0.4, 0.5) is 4.39 Å². The molecule has 0 aromatic heterocycles. The highest BCUT2D eigenvalue weighted by molar-refractivity contribution is 7.49. The molecule has 20 heavy (non-hydrogen) atoms. The summed E-state index contributed by atoms with van der Waals surface area (Å²) in [4.78, 5) is 0. The number of hydrogen-bond acceptors (Lipinski definition) is 3. The second kappa shape index (κ2) is 9.35. The van der Waals surface area contributed by atoms with E-state index in [0.717, 1.165) is 0 Å². The summed E-state index contributed by atoms with van der Waals surface area (Å²) in [6.07, 6.45) is -1.09. The molecule has 5 atom stereocenters. The molecule has 0 heterocycles. The predicted octanol–water partition coefficient (Wildman–Crippen LogP) is 3.38. The lowest BCUT2D eigenvalue weighted by Crippen LogP contribution is -2.35. The van der Waals surface area contributed by atoms with Gasteiger partial charge in [0.1, 0.15) is 14.5 Å². The van der Waals surface area contributed by atoms with Gasteiger partial charge >= 0.3 is 0 Å². The molecule has 0 spiro atoms. The Morgan fingerprint density at radius 1 is 1.50 bits per heavy atom. The van der Waals surface area contributed by atoms with Gasteiger partial charge in [-0.2, -0.15) is 0 Å². The van der Waals surface area contributed by atoms with Crippen molar-refractivity contribution in [3.05, 3.63) is 0 Å². The number of nitrogens with zero attached hydrogens (tertiary/aromatic N) is 1. The van der Waals surface area contributed by atoms with Gasteiger partial charge in [0.2, 0.25) is 1.43 Å². The fraction of sp³-hybridized carbons (Fsp3) is 1.00. The monoisotopic (exact) mass is 308 g/mol. The minimum absolute atomic E-state index is 0.0730. The summed E-state index contributed by atoms with van der Waals surface area (Å²) in [7, 11) is 6.20. The first-order valence-electron chi connectivity index (χ1n) is 8.19. The van der Waals surface area contributed by atoms with E-state index < -0.39 is 26.4 Å². The second-order valence-corrected chi connectivity index (χ2v) is 7.31. The fourth-order valence-corrected chi connectivity index (χ4v) is 4.79. The van der Waals surface area contributed by atoms with Gasteiger partial charge in [0, 0.05) is 20.6 Å². The zero-order valence-corrected chi connectivity index (χ0v) is 14.4. The van der Waals surface area contributed by atoms with E-state index in [0.29, 0.717) is 18.5 Å². The Balaban J connectivity index is 0.00000135. The Morgan fingerprint density at radius 2 is 2.00 bits per heavy atom. The zero-order chi connectivity index (χ0) is 17.4. The van der Waals surface area contributed by atoms with Crippen LogP contribution in [0.1, 0.15) is 42.4 Å². The molecular formula is C14H30BFNO2P. The van der Waals surface area contributed by atoms with Crippen LogP contribution in [0.5, 0.6) is 0 Å². The van der Waals surface area contributed by atoms with E-state index in [9.17, 15) is 4.39 Å². The van der Waals surface area contributed by atoms with Crippen molar-refractivity contribution < 1.29 is 15.4 Å². The first-order valence-corrected chi connectivity index (χ1v) is 8.74. The molecule has 0 aliphatic heterocycles. The summed E-state index contributed by atoms with van der Waals surface area (Å²) in [6, 6.07) is 0.720. The minimum atomic E-state index is -1.14. The van der Waals surface area contributed by atoms with Crippen molar-refractivity contribution in [3.63, 3.8) is 0 Å². The van der Waals surface area contributed by atoms with Crippen LogP contribution in [0.15, 0.2) is 0 Å². The molecule has 1 aliphatic carbocycles. The largest absolute Gasteiger partial charge is 0.400 e. The molecule has 1 N–H and O–H groups in total. The molecule has 1 unspecified atom stereocenters. The van der Waals surface area contributed by atoms with Gasteiger partial charge in [-0.3, -0.25) is 4.67 Å². The third-order valence-electron chi connectivity index (χ3n) is 3.42. The van der Waals surface area contributed by atoms with Gasteiger partial charge in [-0.15, -0.1) is 0 Å². The summed E-state index contributed by atoms with van der Waals surface area (Å²) in [5, 5.41) is 3.50. The topological polar surface area (TPSA) is 32.7 Å². The van der Waals surface area contributed by atoms with Crippen molar-refractivity contribution in [2.24, 2.45) is 5.92 Å². The van der Waals surface area contributed by atoms with E-state index >= 15 is 0 Å². The normalized spacial score (nSPS) is 32.9. The molecule has 0 bridgehead atoms. The van der Waals surface area contributed by atoms with Gasteiger partial charge in [0.05, 0.1) is 14.0 Å². The Labute approximate surface area is 129 Å². The van der Waals surface area contributed by atoms with Crippen LogP contribution in [0.3, 0.4) is 0 Å². The van der Waals surface area contributed by atoms with E-state index in [2.05, 4.69) is 37.5 Å². The number of aliphatic hydroxyl groups is 1. The van der Waals surface area contributed by atoms with E-state index in [1.807, 2.05) is 6.66 Å². The third-order valence-corrected chi connectivity index (χ3v) is 5.54. The van der Waals surface area contributed by atoms with Crippen molar-refractivity contribution in [1.29, 1.82) is 1.43 Å². The Morgan fingerprint density at radius 3 is 2.40 bits per heavy atom. The maximum Gasteiger partial charge on any atom is 0.210 e. The number of aliphatic hydroxyl groups excluding tert-OH is 1. The van der Waals surface area contributed by atoms with Crippen LogP contribution >= 0.6 is 8.30 Å². The van der Waals surface area contributed by atoms with Crippen LogP contribution in [0.2, 0.25) is 5.82 Å². The van der Waals surface area contributed by atoms with Crippen LogP contribution in [0.25, 0.3) is 0 Å². The highest BCUT2D eigenvalue weighted by atomic mass is 31.2. The van der Waals surface area contributed by atoms with Gasteiger partial charge in [-0.1, -0.05) is 13.3 Å². The lowest BCUT2D eigenvalue weighted by molar-refractivity contribution is 0.0974. The van der Waals surface area contributed by atoms with E-state index in [1.54, 1.807) is 0 Å². The first kappa shape index (κ1) is 16.7. The summed E-state index contributed by atoms with van der Waals surface area (Å²) >= 11 is 0. The molecule has 1 saturated carbocycles. The molecule has 1 aliphatic rings. The van der Waals surface area contributed by atoms with Gasteiger partial charge < -0.3 is 9.63 Å². The van der Waals surface area contributed by atoms with E-state index in [4.69, 9.17) is 15.2 Å². The second-order valence-electron chi connectivity index (χ2n) is 5.71. The average molecular weight is 308 g/mol. The zero-order valence-electron chi connectivity index (χ0n) is 15.5. The van der Waals surface area contributed by atoms with Crippen molar-refractivity contribution in [3.8, 4) is 0 Å². The molecule has 1 fully saturated rings. The Kier molecular flexibility index (Phi) is 7.79.